The largest absolute Gasteiger partial charge is 0.343 e. The van der Waals surface area contributed by atoms with Crippen molar-refractivity contribution in [1.82, 2.24) is 20.0 Å². The van der Waals surface area contributed by atoms with Crippen molar-refractivity contribution < 1.29 is 19.2 Å². The summed E-state index contributed by atoms with van der Waals surface area (Å²) in [7, 11) is 0. The summed E-state index contributed by atoms with van der Waals surface area (Å²) in [6.07, 6.45) is 2.59. The summed E-state index contributed by atoms with van der Waals surface area (Å²) in [6.45, 7) is 9.52. The number of amides is 4. The average Bonchev–Trinajstić information content (AvgIpc) is 3.28. The Balaban J connectivity index is 1.18. The number of likely N-dealkylation sites (tertiary alicyclic amines) is 1. The number of piperazine rings is 1. The smallest absolute Gasteiger partial charge is 0.251 e. The number of piperidine rings is 1. The van der Waals surface area contributed by atoms with Gasteiger partial charge in [0.05, 0.1) is 13.1 Å². The van der Waals surface area contributed by atoms with Crippen LogP contribution in [0.4, 0.5) is 5.69 Å². The van der Waals surface area contributed by atoms with Gasteiger partial charge in [-0.25, -0.2) is 0 Å². The molecule has 4 amide bonds. The first-order valence-corrected chi connectivity index (χ1v) is 12.8. The minimum Gasteiger partial charge on any atom is -0.343 e. The third-order valence-electron chi connectivity index (χ3n) is 7.22. The van der Waals surface area contributed by atoms with E-state index in [-0.39, 0.29) is 30.2 Å². The monoisotopic (exact) mass is 483 g/mol. The molecule has 0 spiro atoms. The molecule has 35 heavy (non-hydrogen) atoms. The van der Waals surface area contributed by atoms with E-state index in [4.69, 9.17) is 0 Å². The number of hydrogen-bond donors (Lipinski definition) is 1. The van der Waals surface area contributed by atoms with Crippen LogP contribution in [0.25, 0.3) is 0 Å². The maximum Gasteiger partial charge on any atom is 0.251 e. The predicted octanol–water partition coefficient (Wildman–Crippen LogP) is 1.19. The van der Waals surface area contributed by atoms with Gasteiger partial charge in [0, 0.05) is 63.5 Å². The number of benzene rings is 1. The summed E-state index contributed by atoms with van der Waals surface area (Å²) in [5, 5.41) is 2.70. The second kappa shape index (κ2) is 11.2. The van der Waals surface area contributed by atoms with Gasteiger partial charge in [0.2, 0.25) is 17.7 Å². The van der Waals surface area contributed by atoms with Gasteiger partial charge >= 0.3 is 0 Å². The maximum absolute atomic E-state index is 12.7. The highest BCUT2D eigenvalue weighted by molar-refractivity contribution is 5.98. The molecule has 1 aromatic carbocycles. The molecule has 2 unspecified atom stereocenters. The van der Waals surface area contributed by atoms with E-state index in [1.165, 1.54) is 6.42 Å². The predicted molar refractivity (Wildman–Crippen MR) is 133 cm³/mol. The number of nitrogens with zero attached hydrogens (tertiary/aromatic N) is 4. The first-order valence-electron chi connectivity index (χ1n) is 12.8. The minimum absolute atomic E-state index is 0.0618. The van der Waals surface area contributed by atoms with Crippen molar-refractivity contribution in [2.75, 3.05) is 63.8 Å². The van der Waals surface area contributed by atoms with E-state index in [9.17, 15) is 19.2 Å². The molecule has 0 aliphatic carbocycles. The molecule has 190 valence electrons. The van der Waals surface area contributed by atoms with E-state index in [1.807, 2.05) is 4.90 Å². The number of carbonyl (C=O) groups is 4. The number of anilines is 1. The summed E-state index contributed by atoms with van der Waals surface area (Å²) >= 11 is 0. The zero-order valence-electron chi connectivity index (χ0n) is 20.9. The van der Waals surface area contributed by atoms with E-state index in [0.29, 0.717) is 63.1 Å². The van der Waals surface area contributed by atoms with E-state index < -0.39 is 0 Å². The van der Waals surface area contributed by atoms with Gasteiger partial charge < -0.3 is 20.0 Å². The molecule has 3 saturated heterocycles. The lowest BCUT2D eigenvalue weighted by Crippen LogP contribution is -2.54. The number of carbonyl (C=O) groups excluding carboxylic acids is 4. The third kappa shape index (κ3) is 6.39. The van der Waals surface area contributed by atoms with Crippen LogP contribution in [-0.2, 0) is 14.4 Å². The first kappa shape index (κ1) is 25.2. The molecule has 3 aliphatic rings. The van der Waals surface area contributed by atoms with Gasteiger partial charge in [-0.05, 0) is 48.9 Å². The van der Waals surface area contributed by atoms with Crippen LogP contribution in [0, 0.1) is 11.8 Å². The number of rotatable bonds is 6. The van der Waals surface area contributed by atoms with Gasteiger partial charge in [-0.3, -0.25) is 24.1 Å². The van der Waals surface area contributed by atoms with Gasteiger partial charge in [0.25, 0.3) is 5.91 Å². The summed E-state index contributed by atoms with van der Waals surface area (Å²) in [4.78, 5) is 57.3. The highest BCUT2D eigenvalue weighted by atomic mass is 16.2. The van der Waals surface area contributed by atoms with Crippen molar-refractivity contribution >= 4 is 29.3 Å². The van der Waals surface area contributed by atoms with Crippen molar-refractivity contribution in [3.8, 4) is 0 Å². The lowest BCUT2D eigenvalue weighted by molar-refractivity contribution is -0.136. The Morgan fingerprint density at radius 2 is 1.54 bits per heavy atom. The molecule has 9 heteroatoms. The van der Waals surface area contributed by atoms with Gasteiger partial charge in [-0.15, -0.1) is 0 Å². The molecule has 0 bridgehead atoms. The van der Waals surface area contributed by atoms with Crippen molar-refractivity contribution in [2.24, 2.45) is 11.8 Å². The van der Waals surface area contributed by atoms with Gasteiger partial charge in [-0.2, -0.15) is 0 Å². The molecule has 1 aromatic rings. The zero-order chi connectivity index (χ0) is 24.9. The quantitative estimate of drug-likeness (QED) is 0.656. The molecule has 0 saturated carbocycles. The Bertz CT molecular complexity index is 932. The van der Waals surface area contributed by atoms with E-state index in [1.54, 1.807) is 34.1 Å². The Hall–Kier alpha value is -2.94. The molecule has 3 aliphatic heterocycles. The summed E-state index contributed by atoms with van der Waals surface area (Å²) in [5.74, 6) is 0.928. The summed E-state index contributed by atoms with van der Waals surface area (Å²) in [6, 6.07) is 6.90. The number of nitrogens with one attached hydrogen (secondary N) is 1. The summed E-state index contributed by atoms with van der Waals surface area (Å²) in [5.41, 5.74) is 1.25. The Morgan fingerprint density at radius 1 is 0.886 bits per heavy atom. The topological polar surface area (TPSA) is 93.3 Å². The standard InChI is InChI=1S/C26H37N5O4/c1-19-14-20(2)17-30(16-19)25(34)18-28-10-12-29(13-11-28)24(33)15-27-26(35)21-5-7-22(8-6-21)31-9-3-4-23(31)32/h5-8,19-20H,3-4,9-18H2,1-2H3,(H,27,35). The molecule has 3 fully saturated rings. The van der Waals surface area contributed by atoms with Gasteiger partial charge in [0.1, 0.15) is 0 Å². The van der Waals surface area contributed by atoms with Crippen LogP contribution in [0.3, 0.4) is 0 Å². The Morgan fingerprint density at radius 3 is 2.14 bits per heavy atom. The van der Waals surface area contributed by atoms with E-state index >= 15 is 0 Å². The molecule has 3 heterocycles. The molecule has 0 aromatic heterocycles. The number of hydrogen-bond acceptors (Lipinski definition) is 5. The first-order chi connectivity index (χ1) is 16.8. The van der Waals surface area contributed by atoms with E-state index in [2.05, 4.69) is 24.1 Å². The van der Waals surface area contributed by atoms with Crippen molar-refractivity contribution in [3.63, 3.8) is 0 Å². The highest BCUT2D eigenvalue weighted by Gasteiger charge is 2.28. The molecule has 1 N–H and O–H groups in total. The third-order valence-corrected chi connectivity index (χ3v) is 7.22. The van der Waals surface area contributed by atoms with Gasteiger partial charge in [0.15, 0.2) is 0 Å². The normalized spacial score (nSPS) is 23.5. The average molecular weight is 484 g/mol. The Labute approximate surface area is 207 Å². The fraction of sp³-hybridized carbons (Fsp3) is 0.615. The maximum atomic E-state index is 12.7. The SMILES string of the molecule is CC1CC(C)CN(C(=O)CN2CCN(C(=O)CNC(=O)c3ccc(N4CCCC4=O)cc3)CC2)C1. The second-order valence-electron chi connectivity index (χ2n) is 10.3. The fourth-order valence-corrected chi connectivity index (χ4v) is 5.40. The fourth-order valence-electron chi connectivity index (χ4n) is 5.40. The lowest BCUT2D eigenvalue weighted by Gasteiger charge is -2.38. The second-order valence-corrected chi connectivity index (χ2v) is 10.3. The zero-order valence-corrected chi connectivity index (χ0v) is 20.9. The van der Waals surface area contributed by atoms with Crippen molar-refractivity contribution in [1.29, 1.82) is 0 Å². The van der Waals surface area contributed by atoms with Crippen LogP contribution in [0.5, 0.6) is 0 Å². The molecule has 4 rings (SSSR count). The molecule has 0 radical (unpaired) electrons. The molecule has 9 nitrogen and oxygen atoms in total. The summed E-state index contributed by atoms with van der Waals surface area (Å²) < 4.78 is 0. The van der Waals surface area contributed by atoms with Crippen LogP contribution < -0.4 is 10.2 Å². The van der Waals surface area contributed by atoms with Crippen LogP contribution in [-0.4, -0.2) is 97.2 Å². The minimum atomic E-state index is -0.313. The molecular formula is C26H37N5O4. The van der Waals surface area contributed by atoms with Crippen molar-refractivity contribution in [3.05, 3.63) is 29.8 Å². The van der Waals surface area contributed by atoms with Crippen LogP contribution in [0.15, 0.2) is 24.3 Å². The van der Waals surface area contributed by atoms with Crippen LogP contribution in [0.1, 0.15) is 43.5 Å². The highest BCUT2D eigenvalue weighted by Crippen LogP contribution is 2.22. The van der Waals surface area contributed by atoms with E-state index in [0.717, 1.165) is 25.2 Å². The Kier molecular flexibility index (Phi) is 8.05. The van der Waals surface area contributed by atoms with Crippen LogP contribution >= 0.6 is 0 Å². The lowest BCUT2D eigenvalue weighted by atomic mass is 9.92. The van der Waals surface area contributed by atoms with Gasteiger partial charge in [-0.1, -0.05) is 13.8 Å². The molecule has 2 atom stereocenters. The van der Waals surface area contributed by atoms with Crippen molar-refractivity contribution in [2.45, 2.75) is 33.1 Å². The molecular weight excluding hydrogens is 446 g/mol. The van der Waals surface area contributed by atoms with Crippen LogP contribution in [0.2, 0.25) is 0 Å².